The number of hydrogen-bond donors (Lipinski definition) is 2. The number of piperidine rings is 1. The molecular weight excluding hydrogens is 335 g/mol. The van der Waals surface area contributed by atoms with Gasteiger partial charge in [0.05, 0.1) is 10.9 Å². The van der Waals surface area contributed by atoms with E-state index in [4.69, 9.17) is 5.11 Å². The van der Waals surface area contributed by atoms with Crippen molar-refractivity contribution in [3.05, 3.63) is 16.1 Å². The van der Waals surface area contributed by atoms with Gasteiger partial charge in [-0.2, -0.15) is 13.2 Å². The molecule has 0 aliphatic carbocycles. The van der Waals surface area contributed by atoms with Crippen LogP contribution in [0.4, 0.5) is 18.0 Å². The van der Waals surface area contributed by atoms with E-state index in [1.165, 1.54) is 4.90 Å². The number of carboxylic acids is 1. The molecule has 0 atom stereocenters. The van der Waals surface area contributed by atoms with Gasteiger partial charge in [0.15, 0.2) is 5.69 Å². The van der Waals surface area contributed by atoms with E-state index in [0.29, 0.717) is 30.9 Å². The maximum atomic E-state index is 12.4. The number of nitrogens with zero attached hydrogens (tertiary/aromatic N) is 2. The topological polar surface area (TPSA) is 82.5 Å². The van der Waals surface area contributed by atoms with Crippen molar-refractivity contribution in [2.24, 2.45) is 5.92 Å². The molecule has 0 radical (unpaired) electrons. The fraction of sp³-hybridized carbons (Fsp3) is 0.615. The molecular formula is C13H16F3N3O3S. The molecule has 1 fully saturated rings. The van der Waals surface area contributed by atoms with E-state index in [0.717, 1.165) is 16.7 Å². The summed E-state index contributed by atoms with van der Waals surface area (Å²) in [4.78, 5) is 27.7. The van der Waals surface area contributed by atoms with E-state index in [9.17, 15) is 22.8 Å². The molecule has 2 N–H and O–H groups in total. The summed E-state index contributed by atoms with van der Waals surface area (Å²) in [5.41, 5.74) is -0.917. The van der Waals surface area contributed by atoms with Gasteiger partial charge in [0.25, 0.3) is 0 Å². The van der Waals surface area contributed by atoms with Crippen LogP contribution in [0.1, 0.15) is 23.5 Å². The maximum Gasteiger partial charge on any atom is 0.434 e. The fourth-order valence-electron chi connectivity index (χ4n) is 2.27. The van der Waals surface area contributed by atoms with Gasteiger partial charge >= 0.3 is 18.2 Å². The number of halogens is 3. The van der Waals surface area contributed by atoms with Crippen LogP contribution in [-0.4, -0.2) is 46.6 Å². The summed E-state index contributed by atoms with van der Waals surface area (Å²) in [5, 5.41) is 12.8. The first kappa shape index (κ1) is 17.5. The van der Waals surface area contributed by atoms with Crippen molar-refractivity contribution in [3.63, 3.8) is 0 Å². The van der Waals surface area contributed by atoms with E-state index in [-0.39, 0.29) is 19.0 Å². The molecule has 2 heterocycles. The summed E-state index contributed by atoms with van der Waals surface area (Å²) in [6, 6.07) is -0.332. The van der Waals surface area contributed by atoms with Gasteiger partial charge in [-0.1, -0.05) is 0 Å². The van der Waals surface area contributed by atoms with Crippen LogP contribution in [-0.2, 0) is 17.4 Å². The molecule has 2 amide bonds. The van der Waals surface area contributed by atoms with Crippen LogP contribution in [0.3, 0.4) is 0 Å². The predicted molar refractivity (Wildman–Crippen MR) is 76.2 cm³/mol. The quantitative estimate of drug-likeness (QED) is 0.871. The number of aliphatic carboxylic acids is 1. The summed E-state index contributed by atoms with van der Waals surface area (Å²) in [5.74, 6) is -1.27. The van der Waals surface area contributed by atoms with Gasteiger partial charge in [-0.05, 0) is 12.8 Å². The number of carbonyl (C=O) groups is 2. The van der Waals surface area contributed by atoms with Crippen LogP contribution in [0.15, 0.2) is 5.38 Å². The van der Waals surface area contributed by atoms with Crippen LogP contribution in [0.2, 0.25) is 0 Å². The second-order valence-electron chi connectivity index (χ2n) is 5.21. The average Bonchev–Trinajstić information content (AvgIpc) is 2.96. The Hall–Kier alpha value is -1.84. The zero-order valence-electron chi connectivity index (χ0n) is 12.1. The Labute approximate surface area is 134 Å². The predicted octanol–water partition coefficient (Wildman–Crippen LogP) is 2.21. The van der Waals surface area contributed by atoms with Crippen molar-refractivity contribution in [1.29, 1.82) is 0 Å². The van der Waals surface area contributed by atoms with Gasteiger partial charge in [-0.25, -0.2) is 9.78 Å². The third-order valence-electron chi connectivity index (χ3n) is 3.59. The number of carboxylic acid groups (broad SMARTS) is 1. The minimum Gasteiger partial charge on any atom is -0.481 e. The monoisotopic (exact) mass is 351 g/mol. The highest BCUT2D eigenvalue weighted by Gasteiger charge is 2.33. The number of thiazole rings is 1. The van der Waals surface area contributed by atoms with E-state index in [1.54, 1.807) is 0 Å². The maximum absolute atomic E-state index is 12.4. The van der Waals surface area contributed by atoms with Gasteiger partial charge in [-0.15, -0.1) is 11.3 Å². The summed E-state index contributed by atoms with van der Waals surface area (Å²) in [6.45, 7) is 0.902. The first-order valence-corrected chi connectivity index (χ1v) is 7.92. The van der Waals surface area contributed by atoms with Crippen molar-refractivity contribution in [3.8, 4) is 0 Å². The van der Waals surface area contributed by atoms with Crippen LogP contribution < -0.4 is 5.32 Å². The number of hydrogen-bond acceptors (Lipinski definition) is 4. The molecule has 6 nitrogen and oxygen atoms in total. The Balaban J connectivity index is 1.73. The molecule has 0 saturated carbocycles. The van der Waals surface area contributed by atoms with E-state index < -0.39 is 23.8 Å². The number of aromatic nitrogens is 1. The lowest BCUT2D eigenvalue weighted by molar-refractivity contribution is -0.143. The first-order chi connectivity index (χ1) is 10.8. The van der Waals surface area contributed by atoms with Crippen LogP contribution in [0.5, 0.6) is 0 Å². The van der Waals surface area contributed by atoms with Crippen molar-refractivity contribution < 1.29 is 27.9 Å². The van der Waals surface area contributed by atoms with Crippen molar-refractivity contribution in [2.75, 3.05) is 19.6 Å². The van der Waals surface area contributed by atoms with Gasteiger partial charge in [0, 0.05) is 31.4 Å². The van der Waals surface area contributed by atoms with Gasteiger partial charge in [-0.3, -0.25) is 4.79 Å². The van der Waals surface area contributed by atoms with Crippen LogP contribution in [0, 0.1) is 5.92 Å². The number of carbonyl (C=O) groups excluding carboxylic acids is 1. The number of urea groups is 1. The summed E-state index contributed by atoms with van der Waals surface area (Å²) >= 11 is 0.906. The van der Waals surface area contributed by atoms with E-state index >= 15 is 0 Å². The highest BCUT2D eigenvalue weighted by atomic mass is 32.1. The lowest BCUT2D eigenvalue weighted by Crippen LogP contribution is -2.45. The van der Waals surface area contributed by atoms with E-state index in [2.05, 4.69) is 10.3 Å². The lowest BCUT2D eigenvalue weighted by Gasteiger charge is -2.30. The SMILES string of the molecule is O=C(O)C1CCN(C(=O)NCCc2nc(C(F)(F)F)cs2)CC1. The standard InChI is InChI=1S/C13H16F3N3O3S/c14-13(15,16)9-7-23-10(18-9)1-4-17-12(22)19-5-2-8(3-6-19)11(20)21/h7-8H,1-6H2,(H,17,22)(H,20,21). The minimum atomic E-state index is -4.45. The third kappa shape index (κ3) is 4.81. The Bertz CT molecular complexity index is 568. The molecule has 1 aliphatic rings. The normalized spacial score (nSPS) is 16.4. The van der Waals surface area contributed by atoms with Gasteiger partial charge < -0.3 is 15.3 Å². The Morgan fingerprint density at radius 3 is 2.57 bits per heavy atom. The molecule has 10 heteroatoms. The zero-order chi connectivity index (χ0) is 17.0. The molecule has 0 spiro atoms. The van der Waals surface area contributed by atoms with Gasteiger partial charge in [0.1, 0.15) is 0 Å². The molecule has 0 unspecified atom stereocenters. The Morgan fingerprint density at radius 2 is 2.04 bits per heavy atom. The largest absolute Gasteiger partial charge is 0.481 e. The second kappa shape index (κ2) is 7.16. The fourth-order valence-corrected chi connectivity index (χ4v) is 3.08. The number of nitrogens with one attached hydrogen (secondary N) is 1. The third-order valence-corrected chi connectivity index (χ3v) is 4.50. The molecule has 128 valence electrons. The number of amides is 2. The highest BCUT2D eigenvalue weighted by Crippen LogP contribution is 2.30. The summed E-state index contributed by atoms with van der Waals surface area (Å²) in [6.07, 6.45) is -3.42. The smallest absolute Gasteiger partial charge is 0.434 e. The molecule has 1 aromatic rings. The average molecular weight is 351 g/mol. The molecule has 23 heavy (non-hydrogen) atoms. The lowest BCUT2D eigenvalue weighted by atomic mass is 9.97. The Kier molecular flexibility index (Phi) is 5.45. The van der Waals surface area contributed by atoms with Crippen molar-refractivity contribution >= 4 is 23.3 Å². The molecule has 1 aliphatic heterocycles. The van der Waals surface area contributed by atoms with Crippen molar-refractivity contribution in [2.45, 2.75) is 25.4 Å². The molecule has 0 bridgehead atoms. The van der Waals surface area contributed by atoms with E-state index in [1.807, 2.05) is 0 Å². The summed E-state index contributed by atoms with van der Waals surface area (Å²) < 4.78 is 37.2. The molecule has 2 rings (SSSR count). The zero-order valence-corrected chi connectivity index (χ0v) is 12.9. The van der Waals surface area contributed by atoms with Crippen molar-refractivity contribution in [1.82, 2.24) is 15.2 Å². The highest BCUT2D eigenvalue weighted by molar-refractivity contribution is 7.09. The van der Waals surface area contributed by atoms with Gasteiger partial charge in [0.2, 0.25) is 0 Å². The second-order valence-corrected chi connectivity index (χ2v) is 6.15. The molecule has 0 aromatic carbocycles. The summed E-state index contributed by atoms with van der Waals surface area (Å²) in [7, 11) is 0. The number of alkyl halides is 3. The van der Waals surface area contributed by atoms with Crippen LogP contribution >= 0.6 is 11.3 Å². The first-order valence-electron chi connectivity index (χ1n) is 7.04. The minimum absolute atomic E-state index is 0.183. The molecule has 1 saturated heterocycles. The number of likely N-dealkylation sites (tertiary alicyclic amines) is 1. The number of rotatable bonds is 4. The Morgan fingerprint density at radius 1 is 1.39 bits per heavy atom. The molecule has 1 aromatic heterocycles. The van der Waals surface area contributed by atoms with Crippen LogP contribution in [0.25, 0.3) is 0 Å².